The van der Waals surface area contributed by atoms with Crippen LogP contribution in [0.25, 0.3) is 0 Å². The molecule has 3 saturated heterocycles. The van der Waals surface area contributed by atoms with Gasteiger partial charge < -0.3 is 32.9 Å². The molecule has 300 valence electrons. The zero-order valence-electron chi connectivity index (χ0n) is 33.3. The number of unbranched alkanes of at least 4 members (excludes halogenated alkanes) is 12. The Bertz CT molecular complexity index is 1510. The number of cyclic esters (lactones) is 1. The molecule has 1 aromatic rings. The van der Waals surface area contributed by atoms with Crippen LogP contribution in [0.3, 0.4) is 0 Å². The number of Topliss-reactive ketones (excluding diaryl/α,β-unsaturated/α-hetero) is 1. The third-order valence-corrected chi connectivity index (χ3v) is 12.8. The fraction of sp³-hybridized carbons (Fsp3) is 0.744. The van der Waals surface area contributed by atoms with Crippen LogP contribution in [0.2, 0.25) is 0 Å². The highest BCUT2D eigenvalue weighted by Crippen LogP contribution is 2.68. The summed E-state index contributed by atoms with van der Waals surface area (Å²) >= 11 is 0. The van der Waals surface area contributed by atoms with Crippen LogP contribution in [0.15, 0.2) is 35.2 Å². The van der Waals surface area contributed by atoms with Crippen molar-refractivity contribution in [2.75, 3.05) is 0 Å². The SMILES string of the molecule is C=C1[C@@H]2C[C@@]3(C)[C@H](c4ccoc4)OC(=O)C[C@]13OC1[C@@H](OC(C)=O)[C@@H](OC(=O)CCCCCCCCCCCCCCC)C(C)(C)O[C@H](C=O)[C@@]1(C)C2=O. The smallest absolute Gasteiger partial charge is 0.309 e. The highest BCUT2D eigenvalue weighted by atomic mass is 16.6. The minimum atomic E-state index is -1.72. The molecular weight excluding hydrogens is 692 g/mol. The third kappa shape index (κ3) is 7.99. The van der Waals surface area contributed by atoms with Crippen molar-refractivity contribution in [1.82, 2.24) is 0 Å². The average Bonchev–Trinajstić information content (AvgIpc) is 3.71. The number of aldehydes is 1. The van der Waals surface area contributed by atoms with Gasteiger partial charge in [0.15, 0.2) is 18.0 Å². The number of rotatable bonds is 18. The molecule has 2 bridgehead atoms. The molecule has 1 unspecified atom stereocenters. The summed E-state index contributed by atoms with van der Waals surface area (Å²) in [5.41, 5.74) is -4.63. The summed E-state index contributed by atoms with van der Waals surface area (Å²) in [5, 5.41) is 0. The Morgan fingerprint density at radius 1 is 0.907 bits per heavy atom. The van der Waals surface area contributed by atoms with Crippen LogP contribution in [0.5, 0.6) is 0 Å². The zero-order valence-corrected chi connectivity index (χ0v) is 33.3. The molecule has 0 aromatic carbocycles. The monoisotopic (exact) mass is 754 g/mol. The van der Waals surface area contributed by atoms with E-state index in [4.69, 9.17) is 28.1 Å². The quantitative estimate of drug-likeness (QED) is 0.0470. The predicted molar refractivity (Wildman–Crippen MR) is 199 cm³/mol. The second-order valence-corrected chi connectivity index (χ2v) is 17.1. The van der Waals surface area contributed by atoms with Gasteiger partial charge in [-0.1, -0.05) is 97.5 Å². The van der Waals surface area contributed by atoms with E-state index < -0.39 is 82.2 Å². The molecule has 1 saturated carbocycles. The summed E-state index contributed by atoms with van der Waals surface area (Å²) in [4.78, 5) is 67.9. The first-order valence-corrected chi connectivity index (χ1v) is 20.3. The summed E-state index contributed by atoms with van der Waals surface area (Å²) in [7, 11) is 0. The number of esters is 3. The van der Waals surface area contributed by atoms with Gasteiger partial charge in [0.1, 0.15) is 35.8 Å². The minimum Gasteiger partial charge on any atom is -0.472 e. The van der Waals surface area contributed by atoms with Gasteiger partial charge in [-0.25, -0.2) is 0 Å². The second kappa shape index (κ2) is 17.2. The van der Waals surface area contributed by atoms with E-state index in [-0.39, 0.29) is 19.3 Å². The largest absolute Gasteiger partial charge is 0.472 e. The van der Waals surface area contributed by atoms with Crippen molar-refractivity contribution in [2.45, 2.75) is 186 Å². The zero-order chi connectivity index (χ0) is 39.3. The topological polar surface area (TPSA) is 145 Å². The Labute approximate surface area is 320 Å². The maximum absolute atomic E-state index is 15.0. The van der Waals surface area contributed by atoms with E-state index in [0.29, 0.717) is 23.8 Å². The number of furan rings is 1. The Hall–Kier alpha value is -3.31. The molecule has 0 radical (unpaired) electrons. The van der Waals surface area contributed by atoms with Crippen LogP contribution in [0, 0.1) is 16.7 Å². The molecule has 0 N–H and O–H groups in total. The summed E-state index contributed by atoms with van der Waals surface area (Å²) in [6.07, 6.45) is 12.5. The number of ether oxygens (including phenoxy) is 5. The van der Waals surface area contributed by atoms with Gasteiger partial charge in [0.2, 0.25) is 0 Å². The standard InChI is InChI=1S/C43H62O11/c1-8-9-10-11-12-13-14-15-16-17-18-19-20-21-33(46)51-38-35(50-29(3)45)39-42(7,32(26-44)53-40(38,4)5)36(48)31-24-41(6)37(30-22-23-49-27-30)52-34(47)25-43(41,54-39)28(31)2/h22-23,26-27,31-32,35,37-39H,2,8-21,24-25H2,1,3-7H3/t31-,32+,35-,37-,38+,39?,41-,42-,43-/m0/s1. The van der Waals surface area contributed by atoms with Crippen LogP contribution in [-0.4, -0.2) is 65.6 Å². The van der Waals surface area contributed by atoms with Gasteiger partial charge in [0.05, 0.1) is 24.4 Å². The van der Waals surface area contributed by atoms with Gasteiger partial charge in [-0.3, -0.25) is 19.2 Å². The Morgan fingerprint density at radius 2 is 1.52 bits per heavy atom. The molecule has 4 fully saturated rings. The molecule has 3 aliphatic heterocycles. The lowest BCUT2D eigenvalue weighted by Crippen LogP contribution is -2.64. The Balaban J connectivity index is 1.35. The maximum atomic E-state index is 15.0. The average molecular weight is 755 g/mol. The van der Waals surface area contributed by atoms with Crippen LogP contribution in [-0.2, 0) is 47.7 Å². The fourth-order valence-electron chi connectivity index (χ4n) is 9.68. The van der Waals surface area contributed by atoms with Gasteiger partial charge in [-0.05, 0) is 45.3 Å². The first kappa shape index (κ1) is 41.8. The number of fused-ring (bicyclic) bond motifs is 2. The number of ketones is 1. The van der Waals surface area contributed by atoms with Crippen LogP contribution in [0.4, 0.5) is 0 Å². The lowest BCUT2D eigenvalue weighted by molar-refractivity contribution is -0.255. The van der Waals surface area contributed by atoms with Gasteiger partial charge in [-0.2, -0.15) is 0 Å². The summed E-state index contributed by atoms with van der Waals surface area (Å²) in [5.74, 6) is -3.04. The summed E-state index contributed by atoms with van der Waals surface area (Å²) < 4.78 is 37.0. The summed E-state index contributed by atoms with van der Waals surface area (Å²) in [6.45, 7) is 14.6. The van der Waals surface area contributed by atoms with Gasteiger partial charge in [0, 0.05) is 30.2 Å². The molecule has 5 rings (SSSR count). The molecule has 9 atom stereocenters. The molecule has 11 nitrogen and oxygen atoms in total. The van der Waals surface area contributed by atoms with E-state index in [1.807, 2.05) is 6.92 Å². The van der Waals surface area contributed by atoms with E-state index in [2.05, 4.69) is 13.5 Å². The molecule has 4 aliphatic rings. The van der Waals surface area contributed by atoms with Crippen molar-refractivity contribution in [1.29, 1.82) is 0 Å². The second-order valence-electron chi connectivity index (χ2n) is 17.1. The first-order chi connectivity index (χ1) is 25.7. The minimum absolute atomic E-state index is 0.134. The first-order valence-electron chi connectivity index (χ1n) is 20.3. The molecule has 1 spiro atoms. The molecule has 0 amide bonds. The van der Waals surface area contributed by atoms with Gasteiger partial charge in [0.25, 0.3) is 0 Å². The van der Waals surface area contributed by atoms with E-state index >= 15 is 0 Å². The number of carbonyl (C=O) groups is 5. The molecule has 4 heterocycles. The molecule has 1 aliphatic carbocycles. The van der Waals surface area contributed by atoms with Crippen molar-refractivity contribution in [2.24, 2.45) is 16.7 Å². The van der Waals surface area contributed by atoms with E-state index in [0.717, 1.165) is 19.3 Å². The highest BCUT2D eigenvalue weighted by Gasteiger charge is 2.75. The normalized spacial score (nSPS) is 34.2. The Kier molecular flexibility index (Phi) is 13.4. The lowest BCUT2D eigenvalue weighted by atomic mass is 9.64. The fourth-order valence-corrected chi connectivity index (χ4v) is 9.68. The number of hydrogen-bond acceptors (Lipinski definition) is 11. The van der Waals surface area contributed by atoms with Crippen molar-refractivity contribution < 1.29 is 52.1 Å². The number of hydrogen-bond donors (Lipinski definition) is 0. The van der Waals surface area contributed by atoms with Crippen molar-refractivity contribution in [3.05, 3.63) is 36.3 Å². The van der Waals surface area contributed by atoms with Gasteiger partial charge in [-0.15, -0.1) is 0 Å². The third-order valence-electron chi connectivity index (χ3n) is 12.8. The van der Waals surface area contributed by atoms with Crippen LogP contribution < -0.4 is 0 Å². The number of carbonyl (C=O) groups excluding carboxylic acids is 5. The Morgan fingerprint density at radius 3 is 2.07 bits per heavy atom. The lowest BCUT2D eigenvalue weighted by Gasteiger charge is -2.54. The van der Waals surface area contributed by atoms with Crippen molar-refractivity contribution in [3.8, 4) is 0 Å². The van der Waals surface area contributed by atoms with Gasteiger partial charge >= 0.3 is 17.9 Å². The van der Waals surface area contributed by atoms with Crippen molar-refractivity contribution in [3.63, 3.8) is 0 Å². The molecular formula is C43H62O11. The maximum Gasteiger partial charge on any atom is 0.309 e. The molecule has 11 heteroatoms. The van der Waals surface area contributed by atoms with Crippen LogP contribution in [0.1, 0.15) is 156 Å². The highest BCUT2D eigenvalue weighted by molar-refractivity contribution is 5.95. The molecule has 54 heavy (non-hydrogen) atoms. The van der Waals surface area contributed by atoms with E-state index in [9.17, 15) is 24.0 Å². The summed E-state index contributed by atoms with van der Waals surface area (Å²) in [6, 6.07) is 1.70. The predicted octanol–water partition coefficient (Wildman–Crippen LogP) is 8.26. The molecule has 1 aromatic heterocycles. The van der Waals surface area contributed by atoms with E-state index in [1.165, 1.54) is 77.2 Å². The van der Waals surface area contributed by atoms with Crippen molar-refractivity contribution >= 4 is 30.0 Å². The van der Waals surface area contributed by atoms with Crippen LogP contribution >= 0.6 is 0 Å². The van der Waals surface area contributed by atoms with E-state index in [1.54, 1.807) is 26.8 Å².